The van der Waals surface area contributed by atoms with Crippen molar-refractivity contribution in [2.75, 3.05) is 0 Å². The van der Waals surface area contributed by atoms with Gasteiger partial charge in [0.25, 0.3) is 5.91 Å². The second kappa shape index (κ2) is 5.18. The lowest BCUT2D eigenvalue weighted by Gasteiger charge is -1.97. The molecule has 0 fully saturated rings. The lowest BCUT2D eigenvalue weighted by atomic mass is 10.3. The van der Waals surface area contributed by atoms with E-state index in [1.54, 1.807) is 42.1 Å². The molecule has 2 aromatic heterocycles. The zero-order chi connectivity index (χ0) is 11.2. The van der Waals surface area contributed by atoms with Gasteiger partial charge in [0.1, 0.15) is 0 Å². The molecule has 2 heterocycles. The van der Waals surface area contributed by atoms with Crippen LogP contribution in [-0.2, 0) is 0 Å². The number of thiophene rings is 1. The largest absolute Gasteiger partial charge is 0.271 e. The third-order valence-electron chi connectivity index (χ3n) is 1.87. The number of hydrogen-bond donors (Lipinski definition) is 1. The first-order valence-corrected chi connectivity index (χ1v) is 5.56. The van der Waals surface area contributed by atoms with Crippen LogP contribution in [0.3, 0.4) is 0 Å². The summed E-state index contributed by atoms with van der Waals surface area (Å²) in [5, 5.41) is 7.75. The van der Waals surface area contributed by atoms with E-state index < -0.39 is 0 Å². The van der Waals surface area contributed by atoms with E-state index in [2.05, 4.69) is 15.5 Å². The number of aromatic nitrogens is 1. The summed E-state index contributed by atoms with van der Waals surface area (Å²) in [6.07, 6.45) is 4.74. The third kappa shape index (κ3) is 2.74. The maximum Gasteiger partial charge on any atom is 0.271 e. The quantitative estimate of drug-likeness (QED) is 0.648. The summed E-state index contributed by atoms with van der Waals surface area (Å²) in [7, 11) is 0. The summed E-state index contributed by atoms with van der Waals surface area (Å²) >= 11 is 1.58. The highest BCUT2D eigenvalue weighted by Crippen LogP contribution is 2.02. The molecule has 1 N–H and O–H groups in total. The maximum atomic E-state index is 11.5. The molecule has 80 valence electrons. The molecule has 0 radical (unpaired) electrons. The summed E-state index contributed by atoms with van der Waals surface area (Å²) in [6, 6.07) is 5.19. The number of rotatable bonds is 3. The minimum atomic E-state index is -0.242. The predicted molar refractivity (Wildman–Crippen MR) is 63.6 cm³/mol. The zero-order valence-corrected chi connectivity index (χ0v) is 9.15. The minimum Gasteiger partial charge on any atom is -0.267 e. The van der Waals surface area contributed by atoms with Crippen molar-refractivity contribution in [2.24, 2.45) is 5.10 Å². The molecule has 2 rings (SSSR count). The molecule has 0 aliphatic heterocycles. The highest BCUT2D eigenvalue weighted by atomic mass is 32.1. The van der Waals surface area contributed by atoms with Gasteiger partial charge in [-0.2, -0.15) is 16.4 Å². The molecule has 0 atom stereocenters. The van der Waals surface area contributed by atoms with Gasteiger partial charge in [0, 0.05) is 23.5 Å². The molecule has 0 spiro atoms. The normalized spacial score (nSPS) is 10.5. The maximum absolute atomic E-state index is 11.5. The number of hydrazone groups is 1. The van der Waals surface area contributed by atoms with Crippen molar-refractivity contribution < 1.29 is 4.79 Å². The summed E-state index contributed by atoms with van der Waals surface area (Å²) in [6.45, 7) is 0. The van der Waals surface area contributed by atoms with Crippen molar-refractivity contribution in [1.29, 1.82) is 0 Å². The van der Waals surface area contributed by atoms with E-state index in [1.807, 2.05) is 16.8 Å². The molecule has 5 heteroatoms. The van der Waals surface area contributed by atoms with Crippen molar-refractivity contribution in [3.05, 3.63) is 52.5 Å². The van der Waals surface area contributed by atoms with Crippen LogP contribution in [0.25, 0.3) is 0 Å². The first-order valence-electron chi connectivity index (χ1n) is 4.62. The third-order valence-corrected chi connectivity index (χ3v) is 2.57. The fourth-order valence-corrected chi connectivity index (χ4v) is 1.69. The number of pyridine rings is 1. The number of carbonyl (C=O) groups is 1. The van der Waals surface area contributed by atoms with Gasteiger partial charge in [-0.3, -0.25) is 9.78 Å². The van der Waals surface area contributed by atoms with Crippen LogP contribution >= 0.6 is 11.3 Å². The van der Waals surface area contributed by atoms with Crippen LogP contribution in [0.2, 0.25) is 0 Å². The molecule has 4 nitrogen and oxygen atoms in total. The first-order chi connectivity index (χ1) is 7.86. The molecule has 0 unspecified atom stereocenters. The van der Waals surface area contributed by atoms with E-state index in [4.69, 9.17) is 0 Å². The van der Waals surface area contributed by atoms with Gasteiger partial charge in [-0.1, -0.05) is 0 Å². The molecule has 2 aromatic rings. The van der Waals surface area contributed by atoms with Crippen molar-refractivity contribution in [1.82, 2.24) is 10.4 Å². The van der Waals surface area contributed by atoms with Gasteiger partial charge in [-0.05, 0) is 29.0 Å². The fourth-order valence-electron chi connectivity index (χ4n) is 1.08. The minimum absolute atomic E-state index is 0.242. The Morgan fingerprint density at radius 3 is 2.88 bits per heavy atom. The van der Waals surface area contributed by atoms with Crippen molar-refractivity contribution in [3.8, 4) is 0 Å². The Morgan fingerprint density at radius 2 is 2.19 bits per heavy atom. The topological polar surface area (TPSA) is 54.4 Å². The van der Waals surface area contributed by atoms with Gasteiger partial charge in [-0.15, -0.1) is 0 Å². The summed E-state index contributed by atoms with van der Waals surface area (Å²) < 4.78 is 0. The van der Waals surface area contributed by atoms with Crippen LogP contribution in [-0.4, -0.2) is 17.1 Å². The molecular weight excluding hydrogens is 222 g/mol. The zero-order valence-electron chi connectivity index (χ0n) is 8.33. The Labute approximate surface area is 96.7 Å². The fraction of sp³-hybridized carbons (Fsp3) is 0. The molecule has 0 saturated carbocycles. The van der Waals surface area contributed by atoms with Crippen LogP contribution in [0, 0.1) is 0 Å². The lowest BCUT2D eigenvalue weighted by molar-refractivity contribution is 0.0955. The van der Waals surface area contributed by atoms with E-state index in [0.717, 1.165) is 5.56 Å². The van der Waals surface area contributed by atoms with E-state index in [9.17, 15) is 4.79 Å². The van der Waals surface area contributed by atoms with Crippen LogP contribution in [0.4, 0.5) is 0 Å². The molecule has 0 saturated heterocycles. The van der Waals surface area contributed by atoms with E-state index >= 15 is 0 Å². The SMILES string of the molecule is O=C(N/N=C\c1ccsc1)c1ccncc1. The van der Waals surface area contributed by atoms with Crippen LogP contribution < -0.4 is 5.43 Å². The summed E-state index contributed by atoms with van der Waals surface area (Å²) in [5.74, 6) is -0.242. The summed E-state index contributed by atoms with van der Waals surface area (Å²) in [5.41, 5.74) is 3.96. The molecule has 0 aliphatic carbocycles. The monoisotopic (exact) mass is 231 g/mol. The van der Waals surface area contributed by atoms with Gasteiger partial charge in [0.2, 0.25) is 0 Å². The van der Waals surface area contributed by atoms with Gasteiger partial charge >= 0.3 is 0 Å². The van der Waals surface area contributed by atoms with E-state index in [-0.39, 0.29) is 5.91 Å². The van der Waals surface area contributed by atoms with Crippen molar-refractivity contribution >= 4 is 23.5 Å². The van der Waals surface area contributed by atoms with Gasteiger partial charge in [0.15, 0.2) is 0 Å². The van der Waals surface area contributed by atoms with Crippen molar-refractivity contribution in [2.45, 2.75) is 0 Å². The van der Waals surface area contributed by atoms with Crippen LogP contribution in [0.1, 0.15) is 15.9 Å². The Hall–Kier alpha value is -2.01. The number of nitrogens with one attached hydrogen (secondary N) is 1. The smallest absolute Gasteiger partial charge is 0.267 e. The Kier molecular flexibility index (Phi) is 3.40. The molecule has 0 aliphatic rings. The Morgan fingerprint density at radius 1 is 1.38 bits per heavy atom. The van der Waals surface area contributed by atoms with Gasteiger partial charge in [-0.25, -0.2) is 5.43 Å². The Bertz CT molecular complexity index is 479. The highest BCUT2D eigenvalue weighted by molar-refractivity contribution is 7.08. The second-order valence-corrected chi connectivity index (χ2v) is 3.77. The molecule has 0 aromatic carbocycles. The van der Waals surface area contributed by atoms with Crippen LogP contribution in [0.5, 0.6) is 0 Å². The molecular formula is C11H9N3OS. The average Bonchev–Trinajstić information content (AvgIpc) is 2.83. The van der Waals surface area contributed by atoms with E-state index in [0.29, 0.717) is 5.56 Å². The number of carbonyl (C=O) groups excluding carboxylic acids is 1. The van der Waals surface area contributed by atoms with E-state index in [1.165, 1.54) is 0 Å². The highest BCUT2D eigenvalue weighted by Gasteiger charge is 2.01. The Balaban J connectivity index is 1.94. The van der Waals surface area contributed by atoms with Crippen molar-refractivity contribution in [3.63, 3.8) is 0 Å². The first kappa shape index (κ1) is 10.5. The van der Waals surface area contributed by atoms with Crippen LogP contribution in [0.15, 0.2) is 46.5 Å². The van der Waals surface area contributed by atoms with Gasteiger partial charge < -0.3 is 0 Å². The average molecular weight is 231 g/mol. The standard InChI is InChI=1S/C11H9N3OS/c15-11(10-1-4-12-5-2-10)14-13-7-9-3-6-16-8-9/h1-8H,(H,14,15)/b13-7-. The predicted octanol–water partition coefficient (Wildman–Crippen LogP) is 1.91. The second-order valence-electron chi connectivity index (χ2n) is 2.99. The summed E-state index contributed by atoms with van der Waals surface area (Å²) in [4.78, 5) is 15.4. The number of nitrogens with zero attached hydrogens (tertiary/aromatic N) is 2. The molecule has 16 heavy (non-hydrogen) atoms. The lowest BCUT2D eigenvalue weighted by Crippen LogP contribution is -2.17. The molecule has 0 bridgehead atoms. The van der Waals surface area contributed by atoms with Gasteiger partial charge in [0.05, 0.1) is 6.21 Å². The number of hydrogen-bond acceptors (Lipinski definition) is 4. The number of amides is 1. The molecule has 1 amide bonds.